The van der Waals surface area contributed by atoms with E-state index in [0.29, 0.717) is 11.3 Å². The number of carbonyl (C=O) groups excluding carboxylic acids is 1. The maximum absolute atomic E-state index is 12.5. The molecule has 0 spiro atoms. The molecular weight excluding hydrogens is 358 g/mol. The Morgan fingerprint density at radius 2 is 1.85 bits per heavy atom. The third-order valence-electron chi connectivity index (χ3n) is 4.63. The van der Waals surface area contributed by atoms with Crippen molar-refractivity contribution in [3.05, 3.63) is 65.2 Å². The van der Waals surface area contributed by atoms with Gasteiger partial charge in [0.15, 0.2) is 16.6 Å². The predicted octanol–water partition coefficient (Wildman–Crippen LogP) is 4.48. The first-order valence-corrected chi connectivity index (χ1v) is 9.61. The van der Waals surface area contributed by atoms with Crippen LogP contribution in [0.2, 0.25) is 0 Å². The van der Waals surface area contributed by atoms with Gasteiger partial charge in [0.25, 0.3) is 0 Å². The van der Waals surface area contributed by atoms with E-state index in [2.05, 4.69) is 42.2 Å². The lowest BCUT2D eigenvalue weighted by Crippen LogP contribution is -2.03. The van der Waals surface area contributed by atoms with Gasteiger partial charge >= 0.3 is 0 Å². The summed E-state index contributed by atoms with van der Waals surface area (Å²) in [5.74, 6) is 1.08. The molecule has 27 heavy (non-hydrogen) atoms. The molecule has 0 N–H and O–H groups in total. The smallest absolute Gasteiger partial charge is 0.196 e. The molecule has 2 aromatic heterocycles. The van der Waals surface area contributed by atoms with Gasteiger partial charge in [0.2, 0.25) is 0 Å². The van der Waals surface area contributed by atoms with Gasteiger partial charge in [-0.25, -0.2) is 0 Å². The Hall–Kier alpha value is -2.86. The maximum Gasteiger partial charge on any atom is 0.196 e. The van der Waals surface area contributed by atoms with E-state index in [1.807, 2.05) is 10.5 Å². The standard InChI is InChI=1S/C21H19N3O2S/c1-13-5-4-6-17-14(2)11-19-22-23-21(24(19)20(13)17)27-12-18(25)15-7-9-16(26-3)10-8-15/h4-11H,12H2,1-3H3. The number of rotatable bonds is 5. The van der Waals surface area contributed by atoms with E-state index in [1.165, 1.54) is 22.7 Å². The number of ether oxygens (including phenoxy) is 1. The lowest BCUT2D eigenvalue weighted by atomic mass is 10.1. The predicted molar refractivity (Wildman–Crippen MR) is 108 cm³/mol. The van der Waals surface area contributed by atoms with E-state index in [0.717, 1.165) is 27.6 Å². The minimum absolute atomic E-state index is 0.0487. The first-order valence-electron chi connectivity index (χ1n) is 8.62. The molecule has 0 fully saturated rings. The fourth-order valence-electron chi connectivity index (χ4n) is 3.21. The Kier molecular flexibility index (Phi) is 4.58. The topological polar surface area (TPSA) is 56.5 Å². The third-order valence-corrected chi connectivity index (χ3v) is 5.56. The Balaban J connectivity index is 1.67. The summed E-state index contributed by atoms with van der Waals surface area (Å²) in [6.07, 6.45) is 0. The molecule has 2 heterocycles. The zero-order chi connectivity index (χ0) is 19.0. The fourth-order valence-corrected chi connectivity index (χ4v) is 4.05. The van der Waals surface area contributed by atoms with Crippen LogP contribution in [-0.4, -0.2) is 33.2 Å². The Bertz CT molecular complexity index is 1150. The molecule has 0 aliphatic carbocycles. The van der Waals surface area contributed by atoms with Crippen molar-refractivity contribution in [2.75, 3.05) is 12.9 Å². The van der Waals surface area contributed by atoms with E-state index in [9.17, 15) is 4.79 Å². The van der Waals surface area contributed by atoms with Crippen LogP contribution in [0.1, 0.15) is 21.5 Å². The van der Waals surface area contributed by atoms with Gasteiger partial charge in [-0.1, -0.05) is 30.0 Å². The first kappa shape index (κ1) is 17.5. The number of thioether (sulfide) groups is 1. The second-order valence-corrected chi connectivity index (χ2v) is 7.36. The van der Waals surface area contributed by atoms with Gasteiger partial charge in [0.05, 0.1) is 18.4 Å². The van der Waals surface area contributed by atoms with Crippen LogP contribution in [0.3, 0.4) is 0 Å². The highest BCUT2D eigenvalue weighted by atomic mass is 32.2. The van der Waals surface area contributed by atoms with E-state index >= 15 is 0 Å². The Morgan fingerprint density at radius 1 is 1.07 bits per heavy atom. The van der Waals surface area contributed by atoms with Crippen molar-refractivity contribution < 1.29 is 9.53 Å². The van der Waals surface area contributed by atoms with Gasteiger partial charge in [0.1, 0.15) is 5.75 Å². The van der Waals surface area contributed by atoms with Crippen LogP contribution < -0.4 is 4.74 Å². The zero-order valence-corrected chi connectivity index (χ0v) is 16.2. The minimum atomic E-state index is 0.0487. The van der Waals surface area contributed by atoms with Crippen LogP contribution in [0.4, 0.5) is 0 Å². The molecule has 4 aromatic rings. The summed E-state index contributed by atoms with van der Waals surface area (Å²) < 4.78 is 7.18. The average molecular weight is 377 g/mol. The summed E-state index contributed by atoms with van der Waals surface area (Å²) in [6.45, 7) is 4.16. The fraction of sp³-hybridized carbons (Fsp3) is 0.190. The van der Waals surface area contributed by atoms with E-state index in [-0.39, 0.29) is 5.78 Å². The molecule has 4 rings (SSSR count). The molecule has 0 bridgehead atoms. The van der Waals surface area contributed by atoms with Crippen molar-refractivity contribution in [3.8, 4) is 5.75 Å². The highest BCUT2D eigenvalue weighted by Crippen LogP contribution is 2.28. The molecule has 0 unspecified atom stereocenters. The number of aryl methyl sites for hydroxylation is 2. The molecule has 0 aliphatic rings. The summed E-state index contributed by atoms with van der Waals surface area (Å²) in [5, 5.41) is 10.5. The molecular formula is C21H19N3O2S. The molecule has 136 valence electrons. The normalized spacial score (nSPS) is 11.2. The number of Topliss-reactive ketones (excluding diaryl/α,β-unsaturated/α-hetero) is 1. The lowest BCUT2D eigenvalue weighted by molar-refractivity contribution is 0.102. The summed E-state index contributed by atoms with van der Waals surface area (Å²) in [4.78, 5) is 12.5. The van der Waals surface area contributed by atoms with Crippen LogP contribution >= 0.6 is 11.8 Å². The number of fused-ring (bicyclic) bond motifs is 3. The monoisotopic (exact) mass is 377 g/mol. The Morgan fingerprint density at radius 3 is 2.59 bits per heavy atom. The molecule has 0 saturated carbocycles. The number of ketones is 1. The summed E-state index contributed by atoms with van der Waals surface area (Å²) in [5.41, 5.74) is 4.88. The molecule has 5 nitrogen and oxygen atoms in total. The second kappa shape index (κ2) is 7.04. The number of hydrogen-bond acceptors (Lipinski definition) is 5. The lowest BCUT2D eigenvalue weighted by Gasteiger charge is -2.10. The maximum atomic E-state index is 12.5. The van der Waals surface area contributed by atoms with Crippen LogP contribution in [0, 0.1) is 13.8 Å². The number of aromatic nitrogens is 3. The molecule has 6 heteroatoms. The second-order valence-electron chi connectivity index (χ2n) is 6.41. The average Bonchev–Trinajstić information content (AvgIpc) is 3.09. The molecule has 0 amide bonds. The Labute approximate surface area is 161 Å². The highest BCUT2D eigenvalue weighted by molar-refractivity contribution is 7.99. The summed E-state index contributed by atoms with van der Waals surface area (Å²) in [7, 11) is 1.61. The van der Waals surface area contributed by atoms with E-state index < -0.39 is 0 Å². The molecule has 0 saturated heterocycles. The van der Waals surface area contributed by atoms with Gasteiger partial charge in [-0.05, 0) is 55.3 Å². The number of carbonyl (C=O) groups is 1. The molecule has 0 atom stereocenters. The molecule has 0 aliphatic heterocycles. The van der Waals surface area contributed by atoms with Crippen molar-refractivity contribution in [2.24, 2.45) is 0 Å². The minimum Gasteiger partial charge on any atom is -0.497 e. The number of methoxy groups -OCH3 is 1. The van der Waals surface area contributed by atoms with Gasteiger partial charge in [-0.15, -0.1) is 10.2 Å². The van der Waals surface area contributed by atoms with Crippen molar-refractivity contribution in [3.63, 3.8) is 0 Å². The molecule has 2 aromatic carbocycles. The SMILES string of the molecule is COc1ccc(C(=O)CSc2nnc3cc(C)c4cccc(C)c4n23)cc1. The summed E-state index contributed by atoms with van der Waals surface area (Å²) in [6, 6.07) is 15.4. The largest absolute Gasteiger partial charge is 0.497 e. The number of hydrogen-bond donors (Lipinski definition) is 0. The highest BCUT2D eigenvalue weighted by Gasteiger charge is 2.15. The number of pyridine rings is 1. The number of nitrogens with zero attached hydrogens (tertiary/aromatic N) is 3. The third kappa shape index (κ3) is 3.17. The molecule has 0 radical (unpaired) electrons. The van der Waals surface area contributed by atoms with Crippen molar-refractivity contribution in [2.45, 2.75) is 19.0 Å². The van der Waals surface area contributed by atoms with Crippen LogP contribution in [-0.2, 0) is 0 Å². The van der Waals surface area contributed by atoms with E-state index in [1.54, 1.807) is 31.4 Å². The van der Waals surface area contributed by atoms with Gasteiger partial charge in [0, 0.05) is 10.9 Å². The van der Waals surface area contributed by atoms with Crippen LogP contribution in [0.15, 0.2) is 53.7 Å². The first-order chi connectivity index (χ1) is 13.1. The van der Waals surface area contributed by atoms with Crippen LogP contribution in [0.5, 0.6) is 5.75 Å². The quantitative estimate of drug-likeness (QED) is 0.379. The van der Waals surface area contributed by atoms with Crippen molar-refractivity contribution in [1.82, 2.24) is 14.6 Å². The van der Waals surface area contributed by atoms with Gasteiger partial charge < -0.3 is 4.74 Å². The summed E-state index contributed by atoms with van der Waals surface area (Å²) >= 11 is 1.41. The number of benzene rings is 2. The zero-order valence-electron chi connectivity index (χ0n) is 15.4. The van der Waals surface area contributed by atoms with E-state index in [4.69, 9.17) is 4.74 Å². The van der Waals surface area contributed by atoms with Crippen molar-refractivity contribution in [1.29, 1.82) is 0 Å². The van der Waals surface area contributed by atoms with Gasteiger partial charge in [-0.3, -0.25) is 9.20 Å². The van der Waals surface area contributed by atoms with Crippen LogP contribution in [0.25, 0.3) is 16.6 Å². The number of para-hydroxylation sites is 1. The van der Waals surface area contributed by atoms with Crippen molar-refractivity contribution >= 4 is 34.1 Å². The van der Waals surface area contributed by atoms with Gasteiger partial charge in [-0.2, -0.15) is 0 Å².